The molecule has 7 heteroatoms. The van der Waals surface area contributed by atoms with Crippen LogP contribution in [-0.4, -0.2) is 8.42 Å². The van der Waals surface area contributed by atoms with E-state index in [1.807, 2.05) is 0 Å². The Hall–Kier alpha value is -1.30. The Morgan fingerprint density at radius 3 is 2.20 bits per heavy atom. The van der Waals surface area contributed by atoms with Crippen LogP contribution < -0.4 is 4.72 Å². The summed E-state index contributed by atoms with van der Waals surface area (Å²) >= 11 is 11.5. The van der Waals surface area contributed by atoms with Crippen LogP contribution in [-0.2, 0) is 10.0 Å². The van der Waals surface area contributed by atoms with Crippen LogP contribution in [0, 0.1) is 12.7 Å². The highest BCUT2D eigenvalue weighted by atomic mass is 35.5. The Morgan fingerprint density at radius 2 is 1.65 bits per heavy atom. The molecule has 0 unspecified atom stereocenters. The van der Waals surface area contributed by atoms with E-state index in [4.69, 9.17) is 23.2 Å². The molecule has 2 rings (SSSR count). The molecule has 0 saturated carbocycles. The van der Waals surface area contributed by atoms with Crippen molar-refractivity contribution in [1.29, 1.82) is 0 Å². The topological polar surface area (TPSA) is 46.2 Å². The van der Waals surface area contributed by atoms with Gasteiger partial charge in [0.15, 0.2) is 0 Å². The van der Waals surface area contributed by atoms with Gasteiger partial charge in [0.25, 0.3) is 10.0 Å². The molecule has 0 bridgehead atoms. The average Bonchev–Trinajstić information content (AvgIpc) is 2.31. The van der Waals surface area contributed by atoms with Gasteiger partial charge >= 0.3 is 0 Å². The highest BCUT2D eigenvalue weighted by Crippen LogP contribution is 2.25. The highest BCUT2D eigenvalue weighted by molar-refractivity contribution is 7.92. The maximum Gasteiger partial charge on any atom is 0.262 e. The first-order valence-corrected chi connectivity index (χ1v) is 7.77. The van der Waals surface area contributed by atoms with Crippen LogP contribution in [0.25, 0.3) is 0 Å². The summed E-state index contributed by atoms with van der Waals surface area (Å²) < 4.78 is 40.1. The van der Waals surface area contributed by atoms with E-state index in [0.29, 0.717) is 5.56 Å². The third kappa shape index (κ3) is 3.42. The Balaban J connectivity index is 2.40. The van der Waals surface area contributed by atoms with E-state index in [2.05, 4.69) is 4.72 Å². The monoisotopic (exact) mass is 333 g/mol. The third-order valence-corrected chi connectivity index (χ3v) is 4.30. The van der Waals surface area contributed by atoms with E-state index in [9.17, 15) is 12.8 Å². The molecular weight excluding hydrogens is 324 g/mol. The lowest BCUT2D eigenvalue weighted by molar-refractivity contribution is 0.598. The molecule has 0 radical (unpaired) electrons. The number of halogens is 3. The SMILES string of the molecule is Cc1ccc(NS(=O)(=O)c2cc(Cl)cc(Cl)c2)c(F)c1. The Morgan fingerprint density at radius 1 is 1.05 bits per heavy atom. The Bertz CT molecular complexity index is 743. The zero-order chi connectivity index (χ0) is 14.9. The number of hydrogen-bond donors (Lipinski definition) is 1. The zero-order valence-electron chi connectivity index (χ0n) is 10.3. The minimum Gasteiger partial charge on any atom is -0.277 e. The van der Waals surface area contributed by atoms with Crippen LogP contribution in [0.3, 0.4) is 0 Å². The molecule has 0 saturated heterocycles. The number of benzene rings is 2. The van der Waals surface area contributed by atoms with E-state index in [1.165, 1.54) is 30.3 Å². The molecule has 3 nitrogen and oxygen atoms in total. The summed E-state index contributed by atoms with van der Waals surface area (Å²) in [4.78, 5) is -0.130. The normalized spacial score (nSPS) is 11.4. The molecule has 0 aromatic heterocycles. The fraction of sp³-hybridized carbons (Fsp3) is 0.0769. The smallest absolute Gasteiger partial charge is 0.262 e. The van der Waals surface area contributed by atoms with Crippen molar-refractivity contribution in [2.75, 3.05) is 4.72 Å². The lowest BCUT2D eigenvalue weighted by atomic mass is 10.2. The third-order valence-electron chi connectivity index (χ3n) is 2.52. The van der Waals surface area contributed by atoms with E-state index in [-0.39, 0.29) is 20.6 Å². The summed E-state index contributed by atoms with van der Waals surface area (Å²) in [5, 5.41) is 0.365. The predicted molar refractivity (Wildman–Crippen MR) is 78.4 cm³/mol. The van der Waals surface area contributed by atoms with Gasteiger partial charge in [0, 0.05) is 10.0 Å². The summed E-state index contributed by atoms with van der Waals surface area (Å²) in [5.41, 5.74) is 0.558. The molecule has 0 aliphatic carbocycles. The van der Waals surface area contributed by atoms with E-state index in [0.717, 1.165) is 0 Å². The van der Waals surface area contributed by atoms with Gasteiger partial charge in [0.2, 0.25) is 0 Å². The first-order chi connectivity index (χ1) is 9.28. The van der Waals surface area contributed by atoms with Gasteiger partial charge in [-0.1, -0.05) is 29.3 Å². The first kappa shape index (κ1) is 15.1. The van der Waals surface area contributed by atoms with Crippen molar-refractivity contribution < 1.29 is 12.8 Å². The van der Waals surface area contributed by atoms with Gasteiger partial charge in [-0.3, -0.25) is 4.72 Å². The van der Waals surface area contributed by atoms with Gasteiger partial charge in [-0.15, -0.1) is 0 Å². The van der Waals surface area contributed by atoms with Crippen molar-refractivity contribution in [3.63, 3.8) is 0 Å². The molecule has 0 amide bonds. The van der Waals surface area contributed by atoms with Crippen LogP contribution >= 0.6 is 23.2 Å². The summed E-state index contributed by atoms with van der Waals surface area (Å²) in [6.45, 7) is 1.71. The minimum absolute atomic E-state index is 0.130. The van der Waals surface area contributed by atoms with Crippen LogP contribution in [0.15, 0.2) is 41.3 Å². The Kier molecular flexibility index (Phi) is 4.22. The van der Waals surface area contributed by atoms with Crippen molar-refractivity contribution in [1.82, 2.24) is 0 Å². The molecule has 0 fully saturated rings. The standard InChI is InChI=1S/C13H10Cl2FNO2S/c1-8-2-3-13(12(16)4-8)17-20(18,19)11-6-9(14)5-10(15)7-11/h2-7,17H,1H3. The molecule has 0 heterocycles. The maximum atomic E-state index is 13.7. The molecule has 2 aromatic rings. The maximum absolute atomic E-state index is 13.7. The fourth-order valence-electron chi connectivity index (χ4n) is 1.59. The fourth-order valence-corrected chi connectivity index (χ4v) is 3.38. The number of hydrogen-bond acceptors (Lipinski definition) is 2. The molecular formula is C13H10Cl2FNO2S. The lowest BCUT2D eigenvalue weighted by Crippen LogP contribution is -2.14. The van der Waals surface area contributed by atoms with Gasteiger partial charge in [-0.2, -0.15) is 0 Å². The summed E-state index contributed by atoms with van der Waals surface area (Å²) in [5.74, 6) is -0.651. The summed E-state index contributed by atoms with van der Waals surface area (Å²) in [7, 11) is -3.95. The largest absolute Gasteiger partial charge is 0.277 e. The second kappa shape index (κ2) is 5.60. The van der Waals surface area contributed by atoms with E-state index in [1.54, 1.807) is 13.0 Å². The highest BCUT2D eigenvalue weighted by Gasteiger charge is 2.17. The predicted octanol–water partition coefficient (Wildman–Crippen LogP) is 4.24. The van der Waals surface area contributed by atoms with Crippen molar-refractivity contribution in [2.24, 2.45) is 0 Å². The van der Waals surface area contributed by atoms with Crippen LogP contribution in [0.5, 0.6) is 0 Å². The molecule has 1 N–H and O–H groups in total. The number of nitrogens with one attached hydrogen (secondary N) is 1. The molecule has 0 aliphatic heterocycles. The molecule has 20 heavy (non-hydrogen) atoms. The van der Waals surface area contributed by atoms with Crippen LogP contribution in [0.4, 0.5) is 10.1 Å². The number of anilines is 1. The first-order valence-electron chi connectivity index (χ1n) is 5.53. The minimum atomic E-state index is -3.95. The molecule has 2 aromatic carbocycles. The van der Waals surface area contributed by atoms with Gasteiger partial charge in [0.05, 0.1) is 10.6 Å². The molecule has 0 spiro atoms. The lowest BCUT2D eigenvalue weighted by Gasteiger charge is -2.10. The van der Waals surface area contributed by atoms with E-state index >= 15 is 0 Å². The zero-order valence-corrected chi connectivity index (χ0v) is 12.7. The second-order valence-electron chi connectivity index (χ2n) is 4.19. The molecule has 0 atom stereocenters. The number of aryl methyl sites for hydroxylation is 1. The molecule has 0 aliphatic rings. The van der Waals surface area contributed by atoms with Gasteiger partial charge in [0.1, 0.15) is 5.82 Å². The van der Waals surface area contributed by atoms with Crippen molar-refractivity contribution in [2.45, 2.75) is 11.8 Å². The van der Waals surface area contributed by atoms with Gasteiger partial charge < -0.3 is 0 Å². The van der Waals surface area contributed by atoms with Crippen molar-refractivity contribution in [3.8, 4) is 0 Å². The van der Waals surface area contributed by atoms with E-state index < -0.39 is 15.8 Å². The van der Waals surface area contributed by atoms with Crippen LogP contribution in [0.2, 0.25) is 10.0 Å². The molecule has 106 valence electrons. The average molecular weight is 334 g/mol. The number of sulfonamides is 1. The Labute approximate surface area is 126 Å². The quantitative estimate of drug-likeness (QED) is 0.912. The van der Waals surface area contributed by atoms with Crippen molar-refractivity contribution >= 4 is 38.9 Å². The summed E-state index contributed by atoms with van der Waals surface area (Å²) in [6, 6.07) is 8.08. The summed E-state index contributed by atoms with van der Waals surface area (Å²) in [6.07, 6.45) is 0. The van der Waals surface area contributed by atoms with Gasteiger partial charge in [-0.25, -0.2) is 12.8 Å². The van der Waals surface area contributed by atoms with Crippen LogP contribution in [0.1, 0.15) is 5.56 Å². The second-order valence-corrected chi connectivity index (χ2v) is 6.75. The van der Waals surface area contributed by atoms with Gasteiger partial charge in [-0.05, 0) is 42.8 Å². The van der Waals surface area contributed by atoms with Crippen molar-refractivity contribution in [3.05, 3.63) is 57.8 Å². The number of rotatable bonds is 3.